The molecular weight excluding hydrogens is 204 g/mol. The Morgan fingerprint density at radius 1 is 0.800 bits per heavy atom. The zero-order valence-electron chi connectivity index (χ0n) is 7.30. The molecule has 0 aliphatic heterocycles. The van der Waals surface area contributed by atoms with Crippen molar-refractivity contribution >= 4 is 0 Å². The van der Waals surface area contributed by atoms with Gasteiger partial charge in [0, 0.05) is 0 Å². The fraction of sp³-hybridized carbons (Fsp3) is 0. The molecule has 0 unspecified atom stereocenters. The number of hydrogen-bond acceptors (Lipinski definition) is 6. The van der Waals surface area contributed by atoms with Gasteiger partial charge in [-0.05, 0) is 11.3 Å². The minimum Gasteiger partial charge on any atom is -0.259 e. The Balaban J connectivity index is 0.000000162. The molecule has 9 nitrogen and oxygen atoms in total. The van der Waals surface area contributed by atoms with Crippen LogP contribution in [0.5, 0.6) is 0 Å². The first-order valence-corrected chi connectivity index (χ1v) is 3.70. The maximum atomic E-state index is 10.2. The zero-order valence-corrected chi connectivity index (χ0v) is 7.30. The van der Waals surface area contributed by atoms with Crippen LogP contribution >= 0.6 is 0 Å². The van der Waals surface area contributed by atoms with E-state index in [1.54, 1.807) is 33.4 Å². The van der Waals surface area contributed by atoms with E-state index in [9.17, 15) is 14.4 Å². The summed E-state index contributed by atoms with van der Waals surface area (Å²) in [6.45, 7) is 0. The van der Waals surface area contributed by atoms with Crippen LogP contribution in [0, 0.1) is 0 Å². The highest BCUT2D eigenvalue weighted by Crippen LogP contribution is 1.61. The molecule has 2 aromatic rings. The predicted molar refractivity (Wildman–Crippen MR) is 48.1 cm³/mol. The third-order valence-electron chi connectivity index (χ3n) is 1.09. The highest BCUT2D eigenvalue weighted by Gasteiger charge is 1.85. The molecule has 0 aliphatic carbocycles. The maximum Gasteiger partial charge on any atom is 0.330 e. The number of rotatable bonds is 0. The van der Waals surface area contributed by atoms with Crippen LogP contribution in [0.25, 0.3) is 0 Å². The second-order valence-electron chi connectivity index (χ2n) is 2.17. The number of nitrogens with zero attached hydrogens (tertiary/aromatic N) is 3. The van der Waals surface area contributed by atoms with Gasteiger partial charge in [0.15, 0.2) is 0 Å². The summed E-state index contributed by atoms with van der Waals surface area (Å²) in [7, 11) is 0. The van der Waals surface area contributed by atoms with Crippen molar-refractivity contribution in [3.05, 3.63) is 49.9 Å². The lowest BCUT2D eigenvalue weighted by Gasteiger charge is -1.77. The van der Waals surface area contributed by atoms with Crippen LogP contribution < -0.4 is 17.1 Å². The number of aromatic amines is 3. The molecule has 2 rings (SSSR count). The topological polar surface area (TPSA) is 137 Å². The number of hydrogen-bond donors (Lipinski definition) is 3. The van der Waals surface area contributed by atoms with E-state index in [0.717, 1.165) is 0 Å². The molecule has 9 heteroatoms. The number of nitrogens with one attached hydrogen (secondary N) is 3. The van der Waals surface area contributed by atoms with E-state index in [1.807, 2.05) is 0 Å². The smallest absolute Gasteiger partial charge is 0.259 e. The Morgan fingerprint density at radius 3 is 1.40 bits per heavy atom. The summed E-state index contributed by atoms with van der Waals surface area (Å²) < 4.78 is 0. The molecule has 0 bridgehead atoms. The molecule has 2 heterocycles. The highest BCUT2D eigenvalue weighted by atomic mass is 16.2. The minimum atomic E-state index is -0.802. The molecule has 0 aromatic carbocycles. The van der Waals surface area contributed by atoms with Crippen LogP contribution in [0.1, 0.15) is 0 Å². The first kappa shape index (κ1) is 10.5. The van der Waals surface area contributed by atoms with E-state index >= 15 is 0 Å². The first-order chi connectivity index (χ1) is 7.18. The quantitative estimate of drug-likeness (QED) is 0.444. The Hall–Kier alpha value is -2.58. The molecule has 3 N–H and O–H groups in total. The van der Waals surface area contributed by atoms with E-state index in [2.05, 4.69) is 15.4 Å². The lowest BCUT2D eigenvalue weighted by atomic mass is 10.7. The van der Waals surface area contributed by atoms with Crippen LogP contribution in [-0.2, 0) is 0 Å². The summed E-state index contributed by atoms with van der Waals surface area (Å²) in [6, 6.07) is 1.72. The summed E-state index contributed by atoms with van der Waals surface area (Å²) in [5, 5.41) is 10.1. The molecule has 0 spiro atoms. The van der Waals surface area contributed by atoms with Gasteiger partial charge in [-0.2, -0.15) is 0 Å². The van der Waals surface area contributed by atoms with Crippen LogP contribution in [0.2, 0.25) is 0 Å². The summed E-state index contributed by atoms with van der Waals surface area (Å²) in [4.78, 5) is 35.9. The second kappa shape index (κ2) is 5.21. The van der Waals surface area contributed by atoms with E-state index in [1.165, 1.54) is 0 Å². The van der Waals surface area contributed by atoms with E-state index in [4.69, 9.17) is 0 Å². The van der Waals surface area contributed by atoms with Crippen molar-refractivity contribution < 1.29 is 0 Å². The van der Waals surface area contributed by atoms with Gasteiger partial charge in [-0.25, -0.2) is 14.4 Å². The summed E-state index contributed by atoms with van der Waals surface area (Å²) >= 11 is 0. The molecule has 15 heavy (non-hydrogen) atoms. The van der Waals surface area contributed by atoms with E-state index < -0.39 is 17.1 Å². The molecule has 0 atom stereocenters. The summed E-state index contributed by atoms with van der Waals surface area (Å²) in [5.41, 5.74) is -2.41. The van der Waals surface area contributed by atoms with Gasteiger partial charge in [0.05, 0.1) is 12.4 Å². The van der Waals surface area contributed by atoms with Crippen molar-refractivity contribution in [2.75, 3.05) is 0 Å². The van der Waals surface area contributed by atoms with Gasteiger partial charge in [-0.1, -0.05) is 0 Å². The molecular formula is C6H6N6O3. The molecule has 0 fully saturated rings. The van der Waals surface area contributed by atoms with Crippen LogP contribution in [0.15, 0.2) is 32.8 Å². The number of aromatic nitrogens is 6. The monoisotopic (exact) mass is 210 g/mol. The van der Waals surface area contributed by atoms with Gasteiger partial charge < -0.3 is 0 Å². The summed E-state index contributed by atoms with van der Waals surface area (Å²) in [6.07, 6.45) is 3.15. The van der Waals surface area contributed by atoms with Crippen LogP contribution in [0.4, 0.5) is 0 Å². The lowest BCUT2D eigenvalue weighted by molar-refractivity contribution is 0.865. The molecule has 0 amide bonds. The van der Waals surface area contributed by atoms with Gasteiger partial charge in [0.1, 0.15) is 0 Å². The van der Waals surface area contributed by atoms with Crippen LogP contribution in [-0.4, -0.2) is 30.4 Å². The summed E-state index contributed by atoms with van der Waals surface area (Å²) in [5.74, 6) is 0. The average molecular weight is 210 g/mol. The SMILES string of the molecule is O=c1[nH]c(=O)[nH]c(=O)[nH]1.c1cnnnc1. The third-order valence-corrected chi connectivity index (χ3v) is 1.09. The fourth-order valence-electron chi connectivity index (χ4n) is 0.608. The normalized spacial score (nSPS) is 8.80. The highest BCUT2D eigenvalue weighted by molar-refractivity contribution is 4.69. The van der Waals surface area contributed by atoms with Crippen molar-refractivity contribution in [3.63, 3.8) is 0 Å². The van der Waals surface area contributed by atoms with Crippen molar-refractivity contribution in [2.24, 2.45) is 0 Å². The maximum absolute atomic E-state index is 10.2. The van der Waals surface area contributed by atoms with Gasteiger partial charge in [0.2, 0.25) is 0 Å². The van der Waals surface area contributed by atoms with Gasteiger partial charge in [-0.15, -0.1) is 10.2 Å². The largest absolute Gasteiger partial charge is 0.330 e. The van der Waals surface area contributed by atoms with Crippen molar-refractivity contribution in [3.8, 4) is 0 Å². The molecule has 0 saturated heterocycles. The Labute approximate surface area is 81.2 Å². The van der Waals surface area contributed by atoms with Crippen molar-refractivity contribution in [1.29, 1.82) is 0 Å². The first-order valence-electron chi connectivity index (χ1n) is 3.70. The molecule has 78 valence electrons. The lowest BCUT2D eigenvalue weighted by Crippen LogP contribution is -2.34. The van der Waals surface area contributed by atoms with Crippen LogP contribution in [0.3, 0.4) is 0 Å². The molecule has 0 radical (unpaired) electrons. The standard InChI is InChI=1S/C3H3N3O3.C3H3N3/c7-1-4-2(8)6-3(9)5-1;1-2-4-6-5-3-1/h(H3,4,5,6,7,8,9);1-3H. The molecule has 0 aliphatic rings. The minimum absolute atomic E-state index is 0.802. The second-order valence-corrected chi connectivity index (χ2v) is 2.17. The van der Waals surface area contributed by atoms with Gasteiger partial charge in [-0.3, -0.25) is 15.0 Å². The number of H-pyrrole nitrogens is 3. The molecule has 0 saturated carbocycles. The van der Waals surface area contributed by atoms with Gasteiger partial charge >= 0.3 is 17.1 Å². The Bertz CT molecular complexity index is 450. The third kappa shape index (κ3) is 4.26. The Kier molecular flexibility index (Phi) is 3.65. The average Bonchev–Trinajstić information content (AvgIpc) is 2.19. The zero-order chi connectivity index (χ0) is 11.1. The van der Waals surface area contributed by atoms with Gasteiger partial charge in [0.25, 0.3) is 0 Å². The Morgan fingerprint density at radius 2 is 1.20 bits per heavy atom. The van der Waals surface area contributed by atoms with Crippen molar-refractivity contribution in [2.45, 2.75) is 0 Å². The molecule has 2 aromatic heterocycles. The predicted octanol–water partition coefficient (Wildman–Crippen LogP) is -2.38. The fourth-order valence-corrected chi connectivity index (χ4v) is 0.608. The van der Waals surface area contributed by atoms with E-state index in [0.29, 0.717) is 0 Å². The van der Waals surface area contributed by atoms with E-state index in [-0.39, 0.29) is 0 Å². The van der Waals surface area contributed by atoms with Crippen molar-refractivity contribution in [1.82, 2.24) is 30.4 Å².